The molecule has 0 heterocycles. The number of benzene rings is 1. The summed E-state index contributed by atoms with van der Waals surface area (Å²) in [5.41, 5.74) is 2.88. The molecule has 0 aromatic heterocycles. The van der Waals surface area contributed by atoms with Gasteiger partial charge in [0.05, 0.1) is 7.11 Å². The molecular weight excluding hydrogens is 274 g/mol. The van der Waals surface area contributed by atoms with Crippen molar-refractivity contribution in [3.63, 3.8) is 0 Å². The van der Waals surface area contributed by atoms with E-state index < -0.39 is 0 Å². The normalized spacial score (nSPS) is 16.8. The average molecular weight is 303 g/mol. The maximum absolute atomic E-state index is 5.30. The second-order valence-electron chi connectivity index (χ2n) is 6.29. The van der Waals surface area contributed by atoms with Gasteiger partial charge in [0.1, 0.15) is 5.75 Å². The van der Waals surface area contributed by atoms with E-state index in [1.807, 2.05) is 13.1 Å². The zero-order valence-electron chi connectivity index (χ0n) is 14.3. The van der Waals surface area contributed by atoms with Gasteiger partial charge in [0, 0.05) is 20.1 Å². The summed E-state index contributed by atoms with van der Waals surface area (Å²) in [6.07, 6.45) is 5.29. The number of hydrogen-bond donors (Lipinski definition) is 2. The van der Waals surface area contributed by atoms with Gasteiger partial charge in [-0.2, -0.15) is 0 Å². The van der Waals surface area contributed by atoms with E-state index in [1.165, 1.54) is 31.2 Å². The van der Waals surface area contributed by atoms with E-state index in [0.29, 0.717) is 5.41 Å². The molecule has 1 aliphatic carbocycles. The molecule has 0 bridgehead atoms. The fourth-order valence-electron chi connectivity index (χ4n) is 3.06. The number of ether oxygens (including phenoxy) is 1. The smallest absolute Gasteiger partial charge is 0.191 e. The summed E-state index contributed by atoms with van der Waals surface area (Å²) in [6.45, 7) is 6.14. The van der Waals surface area contributed by atoms with Gasteiger partial charge in [0.2, 0.25) is 0 Å². The predicted molar refractivity (Wildman–Crippen MR) is 92.5 cm³/mol. The SMILES string of the molecule is CCC1(CNC(=NC)NCc2ccc(OC)c(C)c2)CCC1. The van der Waals surface area contributed by atoms with Crippen LogP contribution in [0.1, 0.15) is 43.7 Å². The van der Waals surface area contributed by atoms with Crippen molar-refractivity contribution in [1.29, 1.82) is 0 Å². The van der Waals surface area contributed by atoms with Crippen molar-refractivity contribution in [3.05, 3.63) is 29.3 Å². The van der Waals surface area contributed by atoms with Crippen molar-refractivity contribution in [1.82, 2.24) is 10.6 Å². The molecular formula is C18H29N3O. The maximum Gasteiger partial charge on any atom is 0.191 e. The summed E-state index contributed by atoms with van der Waals surface area (Å²) in [4.78, 5) is 4.32. The van der Waals surface area contributed by atoms with Crippen molar-refractivity contribution in [2.24, 2.45) is 10.4 Å². The fourth-order valence-corrected chi connectivity index (χ4v) is 3.06. The molecule has 0 aliphatic heterocycles. The molecule has 0 spiro atoms. The Morgan fingerprint density at radius 3 is 2.59 bits per heavy atom. The summed E-state index contributed by atoms with van der Waals surface area (Å²) in [5.74, 6) is 1.81. The van der Waals surface area contributed by atoms with Crippen LogP contribution < -0.4 is 15.4 Å². The molecule has 1 saturated carbocycles. The zero-order valence-corrected chi connectivity index (χ0v) is 14.3. The molecule has 1 fully saturated rings. The molecule has 4 nitrogen and oxygen atoms in total. The first kappa shape index (κ1) is 16.7. The van der Waals surface area contributed by atoms with E-state index in [4.69, 9.17) is 4.74 Å². The number of methoxy groups -OCH3 is 1. The van der Waals surface area contributed by atoms with E-state index in [1.54, 1.807) is 7.11 Å². The van der Waals surface area contributed by atoms with Crippen molar-refractivity contribution in [2.75, 3.05) is 20.7 Å². The molecule has 4 heteroatoms. The minimum Gasteiger partial charge on any atom is -0.496 e. The topological polar surface area (TPSA) is 45.7 Å². The number of aliphatic imine (C=N–C) groups is 1. The lowest BCUT2D eigenvalue weighted by atomic mass is 9.67. The van der Waals surface area contributed by atoms with E-state index in [9.17, 15) is 0 Å². The number of nitrogens with zero attached hydrogens (tertiary/aromatic N) is 1. The molecule has 2 rings (SSSR count). The molecule has 1 aromatic rings. The van der Waals surface area contributed by atoms with Crippen LogP contribution in [0.2, 0.25) is 0 Å². The van der Waals surface area contributed by atoms with Crippen molar-refractivity contribution < 1.29 is 4.74 Å². The monoisotopic (exact) mass is 303 g/mol. The number of rotatable bonds is 6. The number of guanidine groups is 1. The molecule has 0 radical (unpaired) electrons. The van der Waals surface area contributed by atoms with Gasteiger partial charge in [0.15, 0.2) is 5.96 Å². The van der Waals surface area contributed by atoms with Gasteiger partial charge in [-0.25, -0.2) is 0 Å². The standard InChI is InChI=1S/C18H29N3O/c1-5-18(9-6-10-18)13-21-17(19-3)20-12-15-7-8-16(22-4)14(2)11-15/h7-8,11H,5-6,9-10,12-13H2,1-4H3,(H2,19,20,21). The number of aryl methyl sites for hydroxylation is 1. The van der Waals surface area contributed by atoms with Gasteiger partial charge >= 0.3 is 0 Å². The van der Waals surface area contributed by atoms with Crippen molar-refractivity contribution in [3.8, 4) is 5.75 Å². The van der Waals surface area contributed by atoms with Crippen LogP contribution in [-0.4, -0.2) is 26.7 Å². The minimum atomic E-state index is 0.494. The molecule has 22 heavy (non-hydrogen) atoms. The van der Waals surface area contributed by atoms with Crippen LogP contribution in [0.5, 0.6) is 5.75 Å². The van der Waals surface area contributed by atoms with Gasteiger partial charge in [-0.3, -0.25) is 4.99 Å². The molecule has 1 aliphatic rings. The second kappa shape index (κ2) is 7.52. The van der Waals surface area contributed by atoms with Gasteiger partial charge in [-0.05, 0) is 48.8 Å². The summed E-state index contributed by atoms with van der Waals surface area (Å²) in [5, 5.41) is 6.88. The maximum atomic E-state index is 5.30. The highest BCUT2D eigenvalue weighted by molar-refractivity contribution is 5.79. The molecule has 0 unspecified atom stereocenters. The molecule has 0 atom stereocenters. The Kier molecular flexibility index (Phi) is 5.69. The first-order valence-electron chi connectivity index (χ1n) is 8.20. The highest BCUT2D eigenvalue weighted by Gasteiger charge is 2.34. The Balaban J connectivity index is 1.84. The average Bonchev–Trinajstić information content (AvgIpc) is 2.49. The predicted octanol–water partition coefficient (Wildman–Crippen LogP) is 3.25. The third-order valence-corrected chi connectivity index (χ3v) is 4.94. The fraction of sp³-hybridized carbons (Fsp3) is 0.611. The van der Waals surface area contributed by atoms with Gasteiger partial charge in [-0.1, -0.05) is 25.5 Å². The molecule has 2 N–H and O–H groups in total. The number of hydrogen-bond acceptors (Lipinski definition) is 2. The first-order valence-corrected chi connectivity index (χ1v) is 8.20. The largest absolute Gasteiger partial charge is 0.496 e. The van der Waals surface area contributed by atoms with Gasteiger partial charge in [-0.15, -0.1) is 0 Å². The Hall–Kier alpha value is -1.71. The van der Waals surface area contributed by atoms with Crippen LogP contribution in [0.4, 0.5) is 0 Å². The lowest BCUT2D eigenvalue weighted by Crippen LogP contribution is -2.46. The first-order chi connectivity index (χ1) is 10.6. The summed E-state index contributed by atoms with van der Waals surface area (Å²) < 4.78 is 5.30. The molecule has 0 saturated heterocycles. The van der Waals surface area contributed by atoms with Crippen molar-refractivity contribution in [2.45, 2.75) is 46.1 Å². The van der Waals surface area contributed by atoms with Gasteiger partial charge < -0.3 is 15.4 Å². The quantitative estimate of drug-likeness (QED) is 0.626. The Bertz CT molecular complexity index is 516. The Morgan fingerprint density at radius 2 is 2.09 bits per heavy atom. The lowest BCUT2D eigenvalue weighted by molar-refractivity contribution is 0.131. The van der Waals surface area contributed by atoms with Gasteiger partial charge in [0.25, 0.3) is 0 Å². The van der Waals surface area contributed by atoms with E-state index in [0.717, 1.165) is 30.4 Å². The summed E-state index contributed by atoms with van der Waals surface area (Å²) in [7, 11) is 3.53. The van der Waals surface area contributed by atoms with E-state index in [2.05, 4.69) is 41.6 Å². The third kappa shape index (κ3) is 3.93. The Morgan fingerprint density at radius 1 is 1.32 bits per heavy atom. The lowest BCUT2D eigenvalue weighted by Gasteiger charge is -2.41. The highest BCUT2D eigenvalue weighted by Crippen LogP contribution is 2.42. The van der Waals surface area contributed by atoms with E-state index in [-0.39, 0.29) is 0 Å². The third-order valence-electron chi connectivity index (χ3n) is 4.94. The molecule has 0 amide bonds. The molecule has 1 aromatic carbocycles. The van der Waals surface area contributed by atoms with Crippen LogP contribution in [0, 0.1) is 12.3 Å². The van der Waals surface area contributed by atoms with E-state index >= 15 is 0 Å². The number of nitrogens with one attached hydrogen (secondary N) is 2. The highest BCUT2D eigenvalue weighted by atomic mass is 16.5. The van der Waals surface area contributed by atoms with Crippen LogP contribution in [0.15, 0.2) is 23.2 Å². The minimum absolute atomic E-state index is 0.494. The second-order valence-corrected chi connectivity index (χ2v) is 6.29. The summed E-state index contributed by atoms with van der Waals surface area (Å²) in [6, 6.07) is 6.26. The molecule has 122 valence electrons. The van der Waals surface area contributed by atoms with Crippen LogP contribution in [0.3, 0.4) is 0 Å². The Labute approximate surface area is 134 Å². The van der Waals surface area contributed by atoms with Crippen LogP contribution >= 0.6 is 0 Å². The van der Waals surface area contributed by atoms with Crippen molar-refractivity contribution >= 4 is 5.96 Å². The zero-order chi connectivity index (χ0) is 16.0. The van der Waals surface area contributed by atoms with Crippen LogP contribution in [-0.2, 0) is 6.54 Å². The summed E-state index contributed by atoms with van der Waals surface area (Å²) >= 11 is 0. The van der Waals surface area contributed by atoms with Crippen LogP contribution in [0.25, 0.3) is 0 Å².